The quantitative estimate of drug-likeness (QED) is 0.142. The average molecular weight is 677 g/mol. The van der Waals surface area contributed by atoms with Gasteiger partial charge in [0.05, 0.1) is 11.9 Å². The van der Waals surface area contributed by atoms with Crippen LogP contribution in [0.15, 0.2) is 12.7 Å². The molecule has 0 aromatic heterocycles. The van der Waals surface area contributed by atoms with Crippen LogP contribution >= 0.6 is 11.8 Å². The second kappa shape index (κ2) is 19.0. The number of alkyl carbamates (subject to hydrolysis) is 1. The summed E-state index contributed by atoms with van der Waals surface area (Å²) in [7, 11) is 0. The number of rotatable bonds is 15. The molecular weight excluding hydrogens is 632 g/mol. The van der Waals surface area contributed by atoms with E-state index in [0.717, 1.165) is 39.5 Å². The van der Waals surface area contributed by atoms with Crippen LogP contribution in [0.3, 0.4) is 0 Å². The number of carbonyl (C=O) groups is 7. The minimum Gasteiger partial charge on any atom is -0.464 e. The Morgan fingerprint density at radius 1 is 0.870 bits per heavy atom. The molecule has 16 nitrogen and oxygen atoms in total. The zero-order valence-corrected chi connectivity index (χ0v) is 28.1. The summed E-state index contributed by atoms with van der Waals surface area (Å²) in [6.07, 6.45) is -6.52. The van der Waals surface area contributed by atoms with Gasteiger partial charge in [-0.2, -0.15) is 0 Å². The van der Waals surface area contributed by atoms with Crippen molar-refractivity contribution in [3.63, 3.8) is 0 Å². The number of ether oxygens (including phenoxy) is 7. The molecule has 1 unspecified atom stereocenters. The lowest BCUT2D eigenvalue weighted by molar-refractivity contribution is -0.256. The summed E-state index contributed by atoms with van der Waals surface area (Å²) in [5.41, 5.74) is -0.841. The molecule has 1 aliphatic rings. The first-order chi connectivity index (χ1) is 21.4. The van der Waals surface area contributed by atoms with Crippen molar-refractivity contribution < 1.29 is 66.7 Å². The molecule has 1 aliphatic heterocycles. The lowest BCUT2D eigenvalue weighted by atomic mass is 9.97. The van der Waals surface area contributed by atoms with Crippen molar-refractivity contribution in [1.29, 1.82) is 0 Å². The van der Waals surface area contributed by atoms with Gasteiger partial charge in [0, 0.05) is 33.4 Å². The molecule has 0 aromatic carbocycles. The minimum atomic E-state index is -1.52. The Morgan fingerprint density at radius 3 is 1.93 bits per heavy atom. The first kappa shape index (κ1) is 40.2. The summed E-state index contributed by atoms with van der Waals surface area (Å²) in [6.45, 7) is 14.1. The Morgan fingerprint density at radius 2 is 1.43 bits per heavy atom. The highest BCUT2D eigenvalue weighted by molar-refractivity contribution is 8.00. The molecule has 0 saturated carbocycles. The van der Waals surface area contributed by atoms with Crippen LogP contribution in [0.4, 0.5) is 4.79 Å². The highest BCUT2D eigenvalue weighted by Gasteiger charge is 2.53. The lowest BCUT2D eigenvalue weighted by Gasteiger charge is -2.44. The molecule has 2 amide bonds. The maximum absolute atomic E-state index is 13.6. The van der Waals surface area contributed by atoms with E-state index in [4.69, 9.17) is 33.2 Å². The Balaban J connectivity index is 3.35. The lowest BCUT2D eigenvalue weighted by Crippen LogP contribution is -2.66. The van der Waals surface area contributed by atoms with Gasteiger partial charge >= 0.3 is 35.9 Å². The fourth-order valence-electron chi connectivity index (χ4n) is 4.05. The van der Waals surface area contributed by atoms with E-state index >= 15 is 0 Å². The molecule has 1 saturated heterocycles. The zero-order valence-electron chi connectivity index (χ0n) is 27.3. The molecule has 1 heterocycles. The summed E-state index contributed by atoms with van der Waals surface area (Å²) in [4.78, 5) is 86.3. The molecule has 0 radical (unpaired) electrons. The van der Waals surface area contributed by atoms with Crippen LogP contribution in [-0.4, -0.2) is 108 Å². The predicted molar refractivity (Wildman–Crippen MR) is 161 cm³/mol. The minimum absolute atomic E-state index is 0.0372. The standard InChI is InChI=1S/C29H44N2O14S/c1-10-12-21(46-14-19(27(37)39-11-2)30-28(38)45-29(7,8)9)25(36)31-26-24(43-18(6)35)23(42-17(5)34)22(41-16(4)33)20(44-26)13-40-15(3)32/h10,19-24,26H,1,11-14H2,2-9H3,(H,30,38)(H,31,36)/t19-,20+,21?,22+,23-,24+,26+/m0/s1. The first-order valence-corrected chi connectivity index (χ1v) is 15.4. The molecular formula is C29H44N2O14S. The van der Waals surface area contributed by atoms with E-state index < -0.39 is 96.0 Å². The highest BCUT2D eigenvalue weighted by atomic mass is 32.2. The van der Waals surface area contributed by atoms with Gasteiger partial charge in [0.2, 0.25) is 5.91 Å². The fraction of sp³-hybridized carbons (Fsp3) is 0.690. The van der Waals surface area contributed by atoms with Crippen LogP contribution in [0, 0.1) is 0 Å². The monoisotopic (exact) mass is 676 g/mol. The van der Waals surface area contributed by atoms with Gasteiger partial charge < -0.3 is 43.8 Å². The molecule has 0 bridgehead atoms. The summed E-state index contributed by atoms with van der Waals surface area (Å²) in [5.74, 6) is -4.74. The van der Waals surface area contributed by atoms with Gasteiger partial charge in [-0.05, 0) is 34.1 Å². The van der Waals surface area contributed by atoms with Crippen LogP contribution in [-0.2, 0) is 61.9 Å². The van der Waals surface area contributed by atoms with E-state index in [1.54, 1.807) is 27.7 Å². The maximum atomic E-state index is 13.6. The highest BCUT2D eigenvalue weighted by Crippen LogP contribution is 2.29. The first-order valence-electron chi connectivity index (χ1n) is 14.4. The number of thioether (sulfide) groups is 1. The molecule has 0 aromatic rings. The van der Waals surface area contributed by atoms with Gasteiger partial charge in [-0.1, -0.05) is 6.08 Å². The summed E-state index contributed by atoms with van der Waals surface area (Å²) in [6, 6.07) is -1.19. The number of amides is 2. The van der Waals surface area contributed by atoms with E-state index in [1.807, 2.05) is 0 Å². The largest absolute Gasteiger partial charge is 0.464 e. The predicted octanol–water partition coefficient (Wildman–Crippen LogP) is 1.32. The van der Waals surface area contributed by atoms with Crippen LogP contribution in [0.25, 0.3) is 0 Å². The van der Waals surface area contributed by atoms with E-state index in [9.17, 15) is 33.6 Å². The van der Waals surface area contributed by atoms with E-state index in [-0.39, 0.29) is 18.8 Å². The van der Waals surface area contributed by atoms with Crippen molar-refractivity contribution in [1.82, 2.24) is 10.6 Å². The zero-order chi connectivity index (χ0) is 35.2. The SMILES string of the molecule is C=CCC(SC[C@H](NC(=O)OC(C)(C)C)C(=O)OCC)C(=O)N[C@@H]1O[C@H](COC(C)=O)[C@@H](OC(C)=O)[C@H](OC(C)=O)[C@H]1OC(C)=O. The molecule has 1 fully saturated rings. The number of hydrogen-bond donors (Lipinski definition) is 2. The average Bonchev–Trinajstić information content (AvgIpc) is 2.90. The van der Waals surface area contributed by atoms with Crippen LogP contribution in [0.2, 0.25) is 0 Å². The number of allylic oxidation sites excluding steroid dienone is 1. The van der Waals surface area contributed by atoms with Crippen molar-refractivity contribution in [2.24, 2.45) is 0 Å². The van der Waals surface area contributed by atoms with Gasteiger partial charge in [0.1, 0.15) is 24.4 Å². The van der Waals surface area contributed by atoms with Gasteiger partial charge in [0.25, 0.3) is 0 Å². The summed E-state index contributed by atoms with van der Waals surface area (Å²) < 4.78 is 37.4. The van der Waals surface area contributed by atoms with Crippen molar-refractivity contribution in [2.75, 3.05) is 19.0 Å². The number of nitrogens with one attached hydrogen (secondary N) is 2. The van der Waals surface area contributed by atoms with Crippen molar-refractivity contribution >= 4 is 53.6 Å². The molecule has 2 N–H and O–H groups in total. The Kier molecular flexibility index (Phi) is 16.5. The van der Waals surface area contributed by atoms with Crippen LogP contribution in [0.5, 0.6) is 0 Å². The molecule has 17 heteroatoms. The Bertz CT molecular complexity index is 1120. The van der Waals surface area contributed by atoms with Crippen LogP contribution < -0.4 is 10.6 Å². The fourth-order valence-corrected chi connectivity index (χ4v) is 5.19. The molecule has 260 valence electrons. The number of hydrogen-bond acceptors (Lipinski definition) is 15. The topological polar surface area (TPSA) is 208 Å². The molecule has 1 rings (SSSR count). The molecule has 46 heavy (non-hydrogen) atoms. The van der Waals surface area contributed by atoms with E-state index in [1.165, 1.54) is 6.08 Å². The Hall–Kier alpha value is -3.86. The number of esters is 5. The third-order valence-electron chi connectivity index (χ3n) is 5.67. The normalized spacial score (nSPS) is 22.1. The van der Waals surface area contributed by atoms with Crippen molar-refractivity contribution in [3.05, 3.63) is 12.7 Å². The molecule has 0 aliphatic carbocycles. The molecule has 0 spiro atoms. The van der Waals surface area contributed by atoms with Gasteiger partial charge in [-0.3, -0.25) is 24.0 Å². The molecule has 7 atom stereocenters. The maximum Gasteiger partial charge on any atom is 0.408 e. The van der Waals surface area contributed by atoms with Gasteiger partial charge in [-0.25, -0.2) is 9.59 Å². The number of carbonyl (C=O) groups excluding carboxylic acids is 7. The van der Waals surface area contributed by atoms with E-state index in [2.05, 4.69) is 17.2 Å². The van der Waals surface area contributed by atoms with E-state index in [0.29, 0.717) is 0 Å². The second-order valence-electron chi connectivity index (χ2n) is 10.9. The van der Waals surface area contributed by atoms with Gasteiger partial charge in [-0.15, -0.1) is 18.3 Å². The summed E-state index contributed by atoms with van der Waals surface area (Å²) >= 11 is 0.974. The third-order valence-corrected chi connectivity index (χ3v) is 7.01. The smallest absolute Gasteiger partial charge is 0.408 e. The Labute approximate surface area is 271 Å². The van der Waals surface area contributed by atoms with Crippen molar-refractivity contribution in [3.8, 4) is 0 Å². The van der Waals surface area contributed by atoms with Gasteiger partial charge in [0.15, 0.2) is 24.5 Å². The van der Waals surface area contributed by atoms with Crippen molar-refractivity contribution in [2.45, 2.75) is 109 Å². The van der Waals surface area contributed by atoms with Crippen LogP contribution in [0.1, 0.15) is 61.8 Å². The second-order valence-corrected chi connectivity index (χ2v) is 12.2. The summed E-state index contributed by atoms with van der Waals surface area (Å²) in [5, 5.41) is 4.10. The third kappa shape index (κ3) is 14.5.